The normalized spacial score (nSPS) is 22.2. The number of rotatable bonds is 4. The number of nitrogens with zero attached hydrogens (tertiary/aromatic N) is 1. The van der Waals surface area contributed by atoms with Crippen LogP contribution in [0.15, 0.2) is 108 Å². The molecule has 1 amide bonds. The molecular weight excluding hydrogens is 446 g/mol. The van der Waals surface area contributed by atoms with Crippen molar-refractivity contribution in [2.24, 2.45) is 5.92 Å². The van der Waals surface area contributed by atoms with Gasteiger partial charge in [0.15, 0.2) is 5.78 Å². The molecule has 5 nitrogen and oxygen atoms in total. The molecule has 5 rings (SSSR count). The molecule has 1 heterocycles. The van der Waals surface area contributed by atoms with Crippen molar-refractivity contribution in [2.75, 3.05) is 0 Å². The molecule has 1 aliphatic heterocycles. The number of ketones is 1. The molecule has 2 atom stereocenters. The quantitative estimate of drug-likeness (QED) is 0.515. The smallest absolute Gasteiger partial charge is 0.267 e. The van der Waals surface area contributed by atoms with Gasteiger partial charge in [-0.15, -0.1) is 0 Å². The maximum atomic E-state index is 13.9. The van der Waals surface area contributed by atoms with Crippen LogP contribution in [0.3, 0.4) is 0 Å². The summed E-state index contributed by atoms with van der Waals surface area (Å²) in [5.74, 6) is -1.53. The Labute approximate surface area is 199 Å². The first-order valence-corrected chi connectivity index (χ1v) is 12.4. The standard InChI is InChI=1S/C28H23NO4S/c1-19-8-14-25(15-9-19)34(32,33)29-27(31)20(2)26-18-24(30)16-17-28(26,29)23-12-10-22(11-13-23)21-6-4-3-5-7-21/h3-17,26H,2,18H2,1H3/t26-,28+/m1/s1. The van der Waals surface area contributed by atoms with E-state index in [2.05, 4.69) is 6.58 Å². The molecule has 170 valence electrons. The van der Waals surface area contributed by atoms with Gasteiger partial charge in [0, 0.05) is 17.9 Å². The topological polar surface area (TPSA) is 71.5 Å². The van der Waals surface area contributed by atoms with E-state index in [1.54, 1.807) is 18.2 Å². The van der Waals surface area contributed by atoms with E-state index in [1.165, 1.54) is 18.2 Å². The number of hydrogen-bond acceptors (Lipinski definition) is 4. The van der Waals surface area contributed by atoms with Crippen molar-refractivity contribution in [3.8, 4) is 11.1 Å². The lowest BCUT2D eigenvalue weighted by atomic mass is 9.72. The molecule has 0 unspecified atom stereocenters. The molecule has 3 aromatic carbocycles. The first kappa shape index (κ1) is 22.0. The Kier molecular flexibility index (Phi) is 5.14. The third-order valence-corrected chi connectivity index (χ3v) is 8.51. The molecule has 34 heavy (non-hydrogen) atoms. The monoisotopic (exact) mass is 469 g/mol. The van der Waals surface area contributed by atoms with Crippen molar-refractivity contribution in [3.63, 3.8) is 0 Å². The van der Waals surface area contributed by atoms with Crippen LogP contribution >= 0.6 is 0 Å². The highest BCUT2D eigenvalue weighted by Crippen LogP contribution is 2.53. The summed E-state index contributed by atoms with van der Waals surface area (Å²) < 4.78 is 28.6. The van der Waals surface area contributed by atoms with Gasteiger partial charge in [-0.3, -0.25) is 9.59 Å². The maximum Gasteiger partial charge on any atom is 0.267 e. The number of benzene rings is 3. The second kappa shape index (κ2) is 7.92. The van der Waals surface area contributed by atoms with Gasteiger partial charge in [-0.1, -0.05) is 78.9 Å². The molecule has 3 aromatic rings. The number of hydrogen-bond donors (Lipinski definition) is 0. The first-order chi connectivity index (χ1) is 16.2. The molecule has 0 saturated carbocycles. The van der Waals surface area contributed by atoms with Gasteiger partial charge in [0.2, 0.25) is 0 Å². The predicted octanol–water partition coefficient (Wildman–Crippen LogP) is 4.79. The van der Waals surface area contributed by atoms with Crippen LogP contribution in [0.2, 0.25) is 0 Å². The van der Waals surface area contributed by atoms with E-state index in [4.69, 9.17) is 0 Å². The van der Waals surface area contributed by atoms with Gasteiger partial charge in [0.1, 0.15) is 5.54 Å². The van der Waals surface area contributed by atoms with E-state index < -0.39 is 27.4 Å². The zero-order chi connectivity index (χ0) is 24.1. The van der Waals surface area contributed by atoms with E-state index in [9.17, 15) is 18.0 Å². The molecule has 1 saturated heterocycles. The number of carbonyl (C=O) groups excluding carboxylic acids is 2. The van der Waals surface area contributed by atoms with Crippen molar-refractivity contribution in [2.45, 2.75) is 23.8 Å². The average Bonchev–Trinajstić information content (AvgIpc) is 3.08. The zero-order valence-corrected chi connectivity index (χ0v) is 19.5. The van der Waals surface area contributed by atoms with Crippen molar-refractivity contribution >= 4 is 21.7 Å². The van der Waals surface area contributed by atoms with Crippen LogP contribution in [0, 0.1) is 12.8 Å². The lowest BCUT2D eigenvalue weighted by Gasteiger charge is -2.40. The number of aryl methyl sites for hydroxylation is 1. The summed E-state index contributed by atoms with van der Waals surface area (Å²) in [5, 5.41) is 0. The third kappa shape index (κ3) is 3.25. The Morgan fingerprint density at radius 1 is 0.882 bits per heavy atom. The van der Waals surface area contributed by atoms with Crippen molar-refractivity contribution in [1.29, 1.82) is 0 Å². The molecule has 2 aliphatic rings. The lowest BCUT2D eigenvalue weighted by Crippen LogP contribution is -2.49. The Morgan fingerprint density at radius 3 is 2.15 bits per heavy atom. The van der Waals surface area contributed by atoms with E-state index in [0.717, 1.165) is 21.0 Å². The van der Waals surface area contributed by atoms with Crippen molar-refractivity contribution in [3.05, 3.63) is 114 Å². The first-order valence-electron chi connectivity index (χ1n) is 11.0. The van der Waals surface area contributed by atoms with Crippen LogP contribution in [0.1, 0.15) is 17.5 Å². The van der Waals surface area contributed by atoms with Gasteiger partial charge in [-0.25, -0.2) is 12.7 Å². The molecule has 6 heteroatoms. The maximum absolute atomic E-state index is 13.9. The molecule has 0 aromatic heterocycles. The fraction of sp³-hybridized carbons (Fsp3) is 0.143. The highest BCUT2D eigenvalue weighted by molar-refractivity contribution is 7.89. The summed E-state index contributed by atoms with van der Waals surface area (Å²) in [5.41, 5.74) is 2.27. The summed E-state index contributed by atoms with van der Waals surface area (Å²) in [7, 11) is -4.23. The molecule has 1 fully saturated rings. The summed E-state index contributed by atoms with van der Waals surface area (Å²) in [6.45, 7) is 5.78. The minimum Gasteiger partial charge on any atom is -0.295 e. The van der Waals surface area contributed by atoms with E-state index in [1.807, 2.05) is 61.5 Å². The number of amides is 1. The summed E-state index contributed by atoms with van der Waals surface area (Å²) in [4.78, 5) is 25.8. The van der Waals surface area contributed by atoms with Gasteiger partial charge >= 0.3 is 0 Å². The van der Waals surface area contributed by atoms with Gasteiger partial charge in [0.25, 0.3) is 15.9 Å². The zero-order valence-electron chi connectivity index (χ0n) is 18.6. The number of allylic oxidation sites excluding steroid dienone is 1. The van der Waals surface area contributed by atoms with Crippen LogP contribution in [0.25, 0.3) is 11.1 Å². The molecule has 0 bridgehead atoms. The Balaban J connectivity index is 1.70. The Morgan fingerprint density at radius 2 is 1.50 bits per heavy atom. The molecule has 0 spiro atoms. The van der Waals surface area contributed by atoms with Crippen LogP contribution in [0.5, 0.6) is 0 Å². The van der Waals surface area contributed by atoms with E-state index in [0.29, 0.717) is 5.56 Å². The summed E-state index contributed by atoms with van der Waals surface area (Å²) in [6.07, 6.45) is 2.95. The summed E-state index contributed by atoms with van der Waals surface area (Å²) >= 11 is 0. The minimum atomic E-state index is -4.23. The van der Waals surface area contributed by atoms with Crippen molar-refractivity contribution in [1.82, 2.24) is 4.31 Å². The van der Waals surface area contributed by atoms with E-state index in [-0.39, 0.29) is 22.7 Å². The number of fused-ring (bicyclic) bond motifs is 1. The Hall–Kier alpha value is -3.77. The van der Waals surface area contributed by atoms with Gasteiger partial charge in [-0.05, 0) is 47.9 Å². The average molecular weight is 470 g/mol. The van der Waals surface area contributed by atoms with Gasteiger partial charge in [0.05, 0.1) is 4.90 Å². The van der Waals surface area contributed by atoms with Crippen LogP contribution in [-0.4, -0.2) is 24.4 Å². The van der Waals surface area contributed by atoms with Crippen LogP contribution < -0.4 is 0 Å². The fourth-order valence-electron chi connectivity index (χ4n) is 4.91. The SMILES string of the molecule is C=C1C(=O)N(S(=O)(=O)c2ccc(C)cc2)[C@]2(c3ccc(-c4ccccc4)cc3)C=CC(=O)C[C@H]12. The van der Waals surface area contributed by atoms with Crippen molar-refractivity contribution < 1.29 is 18.0 Å². The predicted molar refractivity (Wildman–Crippen MR) is 130 cm³/mol. The highest BCUT2D eigenvalue weighted by atomic mass is 32.2. The molecule has 0 radical (unpaired) electrons. The fourth-order valence-corrected chi connectivity index (χ4v) is 6.62. The highest BCUT2D eigenvalue weighted by Gasteiger charge is 2.60. The molecule has 0 N–H and O–H groups in total. The largest absolute Gasteiger partial charge is 0.295 e. The number of carbonyl (C=O) groups is 2. The second-order valence-electron chi connectivity index (χ2n) is 8.74. The molecular formula is C28H23NO4S. The lowest BCUT2D eigenvalue weighted by molar-refractivity contribution is -0.123. The van der Waals surface area contributed by atoms with Gasteiger partial charge < -0.3 is 0 Å². The number of sulfonamides is 1. The Bertz CT molecular complexity index is 1440. The molecule has 1 aliphatic carbocycles. The van der Waals surface area contributed by atoms with Gasteiger partial charge in [-0.2, -0.15) is 0 Å². The summed E-state index contributed by atoms with van der Waals surface area (Å²) in [6, 6.07) is 23.7. The van der Waals surface area contributed by atoms with Crippen LogP contribution in [0.4, 0.5) is 0 Å². The van der Waals surface area contributed by atoms with E-state index >= 15 is 0 Å². The second-order valence-corrected chi connectivity index (χ2v) is 10.5. The van der Waals surface area contributed by atoms with Crippen LogP contribution in [-0.2, 0) is 25.2 Å². The minimum absolute atomic E-state index is 0.0153. The third-order valence-electron chi connectivity index (χ3n) is 6.69.